The zero-order valence-electron chi connectivity index (χ0n) is 17.9. The van der Waals surface area contributed by atoms with E-state index < -0.39 is 0 Å². The summed E-state index contributed by atoms with van der Waals surface area (Å²) in [6.45, 7) is 8.90. The maximum atomic E-state index is 5.35. The number of hydrogen-bond donors (Lipinski definition) is 0. The van der Waals surface area contributed by atoms with E-state index in [1.54, 1.807) is 11.3 Å². The van der Waals surface area contributed by atoms with Crippen LogP contribution in [0.15, 0.2) is 64.3 Å². The zero-order chi connectivity index (χ0) is 21.5. The molecule has 1 atom stereocenters. The standard InChI is InChI=1S/C26H23NS4/c1-15-12-21(17(3)29-15)23-24(20-10-11-28-14-20)27-26(19-8-6-5-7-9-19)31-25(23)22-13-16(2)30-18(22)4/h5-14,24H,1-4H3. The van der Waals surface area contributed by atoms with Crippen LogP contribution >= 0.6 is 45.8 Å². The van der Waals surface area contributed by atoms with Crippen LogP contribution in [0, 0.1) is 27.7 Å². The second-order valence-corrected chi connectivity index (χ2v) is 12.5. The Balaban J connectivity index is 1.79. The number of thioether (sulfide) groups is 1. The Kier molecular flexibility index (Phi) is 5.78. The minimum atomic E-state index is 0.00464. The van der Waals surface area contributed by atoms with E-state index in [-0.39, 0.29) is 6.04 Å². The highest BCUT2D eigenvalue weighted by molar-refractivity contribution is 8.22. The second kappa shape index (κ2) is 8.55. The van der Waals surface area contributed by atoms with E-state index in [2.05, 4.69) is 87.0 Å². The Morgan fingerprint density at radius 2 is 1.48 bits per heavy atom. The van der Waals surface area contributed by atoms with Gasteiger partial charge in [-0.2, -0.15) is 11.3 Å². The molecule has 1 aromatic carbocycles. The van der Waals surface area contributed by atoms with E-state index in [9.17, 15) is 0 Å². The van der Waals surface area contributed by atoms with Crippen molar-refractivity contribution in [3.05, 3.63) is 101 Å². The van der Waals surface area contributed by atoms with Crippen LogP contribution in [-0.2, 0) is 0 Å². The van der Waals surface area contributed by atoms with Gasteiger partial charge in [-0.05, 0) is 67.8 Å². The van der Waals surface area contributed by atoms with Crippen LogP contribution in [-0.4, -0.2) is 5.04 Å². The largest absolute Gasteiger partial charge is 0.264 e. The molecule has 1 nitrogen and oxygen atoms in total. The molecular weight excluding hydrogens is 455 g/mol. The summed E-state index contributed by atoms with van der Waals surface area (Å²) in [5.41, 5.74) is 6.52. The van der Waals surface area contributed by atoms with Crippen LogP contribution in [0.25, 0.3) is 10.5 Å². The summed E-state index contributed by atoms with van der Waals surface area (Å²) in [5.74, 6) is 0. The first-order chi connectivity index (χ1) is 15.0. The van der Waals surface area contributed by atoms with Gasteiger partial charge in [-0.1, -0.05) is 42.1 Å². The van der Waals surface area contributed by atoms with Crippen LogP contribution < -0.4 is 0 Å². The molecule has 5 rings (SSSR count). The molecule has 156 valence electrons. The molecule has 0 spiro atoms. The van der Waals surface area contributed by atoms with Gasteiger partial charge in [0.05, 0.1) is 0 Å². The molecule has 0 amide bonds. The Hall–Kier alpha value is -1.92. The summed E-state index contributed by atoms with van der Waals surface area (Å²) in [6.07, 6.45) is 0. The Morgan fingerprint density at radius 3 is 2.06 bits per heavy atom. The zero-order valence-corrected chi connectivity index (χ0v) is 21.2. The van der Waals surface area contributed by atoms with E-state index >= 15 is 0 Å². The molecule has 5 heteroatoms. The van der Waals surface area contributed by atoms with E-state index in [0.717, 1.165) is 5.04 Å². The third-order valence-electron chi connectivity index (χ3n) is 5.46. The van der Waals surface area contributed by atoms with Crippen molar-refractivity contribution in [3.63, 3.8) is 0 Å². The van der Waals surface area contributed by atoms with Crippen molar-refractivity contribution in [1.82, 2.24) is 0 Å². The molecular formula is C26H23NS4. The highest BCUT2D eigenvalue weighted by atomic mass is 32.2. The molecule has 4 aromatic rings. The van der Waals surface area contributed by atoms with E-state index in [1.165, 1.54) is 52.2 Å². The number of rotatable bonds is 4. The SMILES string of the molecule is Cc1cc(C2=C(c3cc(C)sc3C)C(c3ccsc3)N=C(c3ccccc3)S2)c(C)s1. The fourth-order valence-electron chi connectivity index (χ4n) is 4.09. The lowest BCUT2D eigenvalue weighted by Gasteiger charge is -2.27. The maximum Gasteiger partial charge on any atom is 0.104 e. The Morgan fingerprint density at radius 1 is 0.806 bits per heavy atom. The van der Waals surface area contributed by atoms with E-state index in [1.807, 2.05) is 34.4 Å². The van der Waals surface area contributed by atoms with Gasteiger partial charge in [0.2, 0.25) is 0 Å². The molecule has 4 heterocycles. The molecule has 1 aliphatic rings. The first kappa shape index (κ1) is 21.0. The quantitative estimate of drug-likeness (QED) is 0.286. The van der Waals surface area contributed by atoms with Crippen LogP contribution in [0.4, 0.5) is 0 Å². The monoisotopic (exact) mass is 477 g/mol. The Bertz CT molecular complexity index is 1290. The average molecular weight is 478 g/mol. The highest BCUT2D eigenvalue weighted by Crippen LogP contribution is 2.52. The lowest BCUT2D eigenvalue weighted by atomic mass is 9.92. The number of aryl methyl sites for hydroxylation is 4. The molecule has 0 aliphatic carbocycles. The highest BCUT2D eigenvalue weighted by Gasteiger charge is 2.31. The second-order valence-electron chi connectivity index (χ2n) is 7.76. The van der Waals surface area contributed by atoms with Crippen molar-refractivity contribution in [2.24, 2.45) is 4.99 Å². The predicted molar refractivity (Wildman–Crippen MR) is 142 cm³/mol. The number of thiophene rings is 3. The normalized spacial score (nSPS) is 16.6. The van der Waals surface area contributed by atoms with Crippen LogP contribution in [0.2, 0.25) is 0 Å². The molecule has 3 aromatic heterocycles. The maximum absolute atomic E-state index is 5.35. The molecule has 1 unspecified atom stereocenters. The number of hydrogen-bond acceptors (Lipinski definition) is 5. The third kappa shape index (κ3) is 4.00. The van der Waals surface area contributed by atoms with Gasteiger partial charge in [0.1, 0.15) is 11.1 Å². The van der Waals surface area contributed by atoms with Gasteiger partial charge < -0.3 is 0 Å². The van der Waals surface area contributed by atoms with Gasteiger partial charge in [-0.3, -0.25) is 4.99 Å². The fraction of sp³-hybridized carbons (Fsp3) is 0.192. The number of nitrogens with zero attached hydrogens (tertiary/aromatic N) is 1. The van der Waals surface area contributed by atoms with Crippen LogP contribution in [0.1, 0.15) is 47.8 Å². The van der Waals surface area contributed by atoms with Gasteiger partial charge >= 0.3 is 0 Å². The van der Waals surface area contributed by atoms with Gasteiger partial charge in [0.15, 0.2) is 0 Å². The summed E-state index contributed by atoms with van der Waals surface area (Å²) in [5, 5.41) is 5.52. The fourth-order valence-corrected chi connectivity index (χ4v) is 7.97. The van der Waals surface area contributed by atoms with Gasteiger partial charge in [-0.15, -0.1) is 22.7 Å². The summed E-state index contributed by atoms with van der Waals surface area (Å²) >= 11 is 7.34. The minimum Gasteiger partial charge on any atom is -0.264 e. The Labute approximate surface area is 200 Å². The van der Waals surface area contributed by atoms with Crippen LogP contribution in [0.3, 0.4) is 0 Å². The molecule has 0 N–H and O–H groups in total. The van der Waals surface area contributed by atoms with Gasteiger partial charge in [-0.25, -0.2) is 0 Å². The van der Waals surface area contributed by atoms with Crippen molar-refractivity contribution in [3.8, 4) is 0 Å². The molecule has 1 aliphatic heterocycles. The van der Waals surface area contributed by atoms with Crippen molar-refractivity contribution in [2.45, 2.75) is 33.7 Å². The molecule has 0 bridgehead atoms. The number of benzene rings is 1. The summed E-state index contributed by atoms with van der Waals surface area (Å²) in [4.78, 5) is 12.2. The van der Waals surface area contributed by atoms with Crippen molar-refractivity contribution in [2.75, 3.05) is 0 Å². The minimum absolute atomic E-state index is 0.00464. The average Bonchev–Trinajstić information content (AvgIpc) is 3.48. The van der Waals surface area contributed by atoms with Gasteiger partial charge in [0.25, 0.3) is 0 Å². The van der Waals surface area contributed by atoms with Crippen molar-refractivity contribution >= 4 is 61.3 Å². The molecule has 0 saturated carbocycles. The topological polar surface area (TPSA) is 12.4 Å². The molecule has 31 heavy (non-hydrogen) atoms. The van der Waals surface area contributed by atoms with E-state index in [0.29, 0.717) is 0 Å². The number of aliphatic imine (C=N–C) groups is 1. The smallest absolute Gasteiger partial charge is 0.104 e. The van der Waals surface area contributed by atoms with Gasteiger partial charge in [0, 0.05) is 41.1 Å². The lowest BCUT2D eigenvalue weighted by Crippen LogP contribution is -2.11. The van der Waals surface area contributed by atoms with Crippen molar-refractivity contribution < 1.29 is 0 Å². The predicted octanol–water partition coefficient (Wildman–Crippen LogP) is 8.91. The molecule has 0 fully saturated rings. The summed E-state index contributed by atoms with van der Waals surface area (Å²) < 4.78 is 0. The first-order valence-corrected chi connectivity index (χ1v) is 13.6. The van der Waals surface area contributed by atoms with E-state index in [4.69, 9.17) is 4.99 Å². The molecule has 0 saturated heterocycles. The lowest BCUT2D eigenvalue weighted by molar-refractivity contribution is 0.944. The summed E-state index contributed by atoms with van der Waals surface area (Å²) in [6, 6.07) is 17.6. The molecule has 0 radical (unpaired) electrons. The summed E-state index contributed by atoms with van der Waals surface area (Å²) in [7, 11) is 0. The van der Waals surface area contributed by atoms with Crippen LogP contribution in [0.5, 0.6) is 0 Å². The first-order valence-electron chi connectivity index (χ1n) is 10.2. The van der Waals surface area contributed by atoms with Crippen molar-refractivity contribution in [1.29, 1.82) is 0 Å². The third-order valence-corrected chi connectivity index (χ3v) is 9.27.